The van der Waals surface area contributed by atoms with E-state index in [1.165, 1.54) is 18.2 Å². The molecule has 0 saturated carbocycles. The molecule has 0 aliphatic heterocycles. The third-order valence-corrected chi connectivity index (χ3v) is 3.89. The molecule has 1 heterocycles. The Morgan fingerprint density at radius 3 is 2.38 bits per heavy atom. The van der Waals surface area contributed by atoms with E-state index in [0.717, 1.165) is 5.76 Å². The molecule has 0 saturated heterocycles. The lowest BCUT2D eigenvalue weighted by molar-refractivity contribution is 0.282. The molecule has 0 fully saturated rings. The molecule has 2 aromatic rings. The molecule has 1 aromatic carbocycles. The normalized spacial score (nSPS) is 12.6. The minimum atomic E-state index is -0.554. The number of furan rings is 1. The van der Waals surface area contributed by atoms with Crippen LogP contribution >= 0.6 is 24.0 Å². The van der Waals surface area contributed by atoms with Crippen molar-refractivity contribution in [2.75, 3.05) is 34.2 Å². The fourth-order valence-corrected chi connectivity index (χ4v) is 2.54. The lowest BCUT2D eigenvalue weighted by Crippen LogP contribution is -2.42. The van der Waals surface area contributed by atoms with Gasteiger partial charge in [0.25, 0.3) is 0 Å². The number of nitrogens with one attached hydrogen (secondary N) is 2. The summed E-state index contributed by atoms with van der Waals surface area (Å²) in [6.45, 7) is 0.944. The van der Waals surface area contributed by atoms with Gasteiger partial charge in [-0.05, 0) is 38.4 Å². The highest BCUT2D eigenvalue weighted by Gasteiger charge is 2.22. The molecular formula is C18H25F2IN4O. The van der Waals surface area contributed by atoms with Gasteiger partial charge < -0.3 is 20.0 Å². The first-order valence-electron chi connectivity index (χ1n) is 8.10. The van der Waals surface area contributed by atoms with E-state index < -0.39 is 17.7 Å². The minimum Gasteiger partial charge on any atom is -0.469 e. The average Bonchev–Trinajstić information content (AvgIpc) is 3.08. The zero-order valence-electron chi connectivity index (χ0n) is 15.1. The van der Waals surface area contributed by atoms with Crippen molar-refractivity contribution in [3.8, 4) is 0 Å². The van der Waals surface area contributed by atoms with E-state index >= 15 is 0 Å². The Morgan fingerprint density at radius 2 is 1.85 bits per heavy atom. The zero-order valence-corrected chi connectivity index (χ0v) is 17.5. The number of likely N-dealkylation sites (N-methyl/N-ethyl adjacent to an activating group) is 1. The maximum absolute atomic E-state index is 14.1. The number of aliphatic imine (C=N–C) groups is 1. The van der Waals surface area contributed by atoms with Crippen LogP contribution < -0.4 is 10.6 Å². The summed E-state index contributed by atoms with van der Waals surface area (Å²) < 4.78 is 33.4. The van der Waals surface area contributed by atoms with Crippen molar-refractivity contribution in [2.45, 2.75) is 12.5 Å². The second-order valence-corrected chi connectivity index (χ2v) is 5.82. The van der Waals surface area contributed by atoms with Crippen LogP contribution in [0.4, 0.5) is 8.78 Å². The molecule has 2 N–H and O–H groups in total. The Bertz CT molecular complexity index is 672. The summed E-state index contributed by atoms with van der Waals surface area (Å²) in [6.07, 6.45) is 2.35. The van der Waals surface area contributed by atoms with E-state index in [1.807, 2.05) is 12.1 Å². The Kier molecular flexibility index (Phi) is 9.57. The van der Waals surface area contributed by atoms with Gasteiger partial charge in [0.05, 0.1) is 12.3 Å². The highest BCUT2D eigenvalue weighted by Crippen LogP contribution is 2.23. The third kappa shape index (κ3) is 6.24. The zero-order chi connectivity index (χ0) is 18.2. The Labute approximate surface area is 169 Å². The lowest BCUT2D eigenvalue weighted by atomic mass is 10.0. The van der Waals surface area contributed by atoms with Crippen molar-refractivity contribution in [1.29, 1.82) is 0 Å². The summed E-state index contributed by atoms with van der Waals surface area (Å²) in [5.41, 5.74) is 0.0473. The molecule has 26 heavy (non-hydrogen) atoms. The molecule has 0 aliphatic carbocycles. The van der Waals surface area contributed by atoms with Gasteiger partial charge in [-0.3, -0.25) is 4.99 Å². The first-order chi connectivity index (χ1) is 12.0. The van der Waals surface area contributed by atoms with Crippen LogP contribution in [0.5, 0.6) is 0 Å². The number of hydrogen-bond acceptors (Lipinski definition) is 3. The second-order valence-electron chi connectivity index (χ2n) is 5.82. The molecule has 1 atom stereocenters. The molecule has 0 spiro atoms. The Morgan fingerprint density at radius 1 is 1.15 bits per heavy atom. The Balaban J connectivity index is 0.00000338. The number of guanidine groups is 1. The van der Waals surface area contributed by atoms with Gasteiger partial charge in [0, 0.05) is 32.1 Å². The maximum atomic E-state index is 14.1. The van der Waals surface area contributed by atoms with Gasteiger partial charge in [0.1, 0.15) is 17.4 Å². The number of benzene rings is 1. The smallest absolute Gasteiger partial charge is 0.191 e. The van der Waals surface area contributed by atoms with Crippen molar-refractivity contribution in [2.24, 2.45) is 4.99 Å². The molecule has 0 bridgehead atoms. The lowest BCUT2D eigenvalue weighted by Gasteiger charge is -2.26. The second kappa shape index (κ2) is 11.1. The maximum Gasteiger partial charge on any atom is 0.191 e. The molecule has 8 heteroatoms. The van der Waals surface area contributed by atoms with Crippen molar-refractivity contribution in [3.63, 3.8) is 0 Å². The monoisotopic (exact) mass is 478 g/mol. The predicted octanol–water partition coefficient (Wildman–Crippen LogP) is 3.19. The summed E-state index contributed by atoms with van der Waals surface area (Å²) in [6, 6.07) is 7.18. The summed E-state index contributed by atoms with van der Waals surface area (Å²) in [4.78, 5) is 5.90. The first-order valence-corrected chi connectivity index (χ1v) is 8.10. The van der Waals surface area contributed by atoms with Crippen LogP contribution in [-0.2, 0) is 6.42 Å². The standard InChI is InChI=1S/C18H24F2N4O.HI/c1-21-18(22-10-9-13-6-5-11-25-13)23-12-16(24(2)3)17-14(19)7-4-8-15(17)20;/h4-8,11,16H,9-10,12H2,1-3H3,(H2,21,22,23);1H. The van der Waals surface area contributed by atoms with Crippen LogP contribution in [0.3, 0.4) is 0 Å². The van der Waals surface area contributed by atoms with Gasteiger partial charge in [0.15, 0.2) is 5.96 Å². The summed E-state index contributed by atoms with van der Waals surface area (Å²) >= 11 is 0. The first kappa shape index (κ1) is 22.4. The fraction of sp³-hybridized carbons (Fsp3) is 0.389. The summed E-state index contributed by atoms with van der Waals surface area (Å²) in [7, 11) is 5.22. The van der Waals surface area contributed by atoms with Gasteiger partial charge >= 0.3 is 0 Å². The van der Waals surface area contributed by atoms with E-state index in [-0.39, 0.29) is 29.5 Å². The number of hydrogen-bond donors (Lipinski definition) is 2. The quantitative estimate of drug-likeness (QED) is 0.365. The highest BCUT2D eigenvalue weighted by molar-refractivity contribution is 14.0. The van der Waals surface area contributed by atoms with E-state index in [2.05, 4.69) is 15.6 Å². The van der Waals surface area contributed by atoms with Crippen molar-refractivity contribution < 1.29 is 13.2 Å². The predicted molar refractivity (Wildman–Crippen MR) is 110 cm³/mol. The van der Waals surface area contributed by atoms with Crippen molar-refractivity contribution in [1.82, 2.24) is 15.5 Å². The minimum absolute atomic E-state index is 0. The van der Waals surface area contributed by atoms with E-state index in [4.69, 9.17) is 4.42 Å². The largest absolute Gasteiger partial charge is 0.469 e. The molecule has 144 valence electrons. The van der Waals surface area contributed by atoms with E-state index in [0.29, 0.717) is 25.5 Å². The van der Waals surface area contributed by atoms with Gasteiger partial charge in [-0.15, -0.1) is 24.0 Å². The molecular weight excluding hydrogens is 453 g/mol. The molecule has 1 unspecified atom stereocenters. The summed E-state index contributed by atoms with van der Waals surface area (Å²) in [5, 5.41) is 6.27. The number of nitrogens with zero attached hydrogens (tertiary/aromatic N) is 2. The van der Waals surface area contributed by atoms with Crippen molar-refractivity contribution in [3.05, 3.63) is 59.6 Å². The van der Waals surface area contributed by atoms with Crippen LogP contribution in [-0.4, -0.2) is 45.1 Å². The average molecular weight is 478 g/mol. The van der Waals surface area contributed by atoms with Gasteiger partial charge in [0.2, 0.25) is 0 Å². The van der Waals surface area contributed by atoms with Crippen LogP contribution in [0, 0.1) is 11.6 Å². The molecule has 5 nitrogen and oxygen atoms in total. The number of halogens is 3. The van der Waals surface area contributed by atoms with Crippen LogP contribution in [0.2, 0.25) is 0 Å². The fourth-order valence-electron chi connectivity index (χ4n) is 2.54. The van der Waals surface area contributed by atoms with Crippen LogP contribution in [0.1, 0.15) is 17.4 Å². The topological polar surface area (TPSA) is 52.8 Å². The Hall–Kier alpha value is -1.68. The van der Waals surface area contributed by atoms with Gasteiger partial charge in [-0.2, -0.15) is 0 Å². The molecule has 1 aromatic heterocycles. The molecule has 0 aliphatic rings. The van der Waals surface area contributed by atoms with Crippen molar-refractivity contribution >= 4 is 29.9 Å². The van der Waals surface area contributed by atoms with E-state index in [1.54, 1.807) is 32.3 Å². The molecule has 2 rings (SSSR count). The van der Waals surface area contributed by atoms with Gasteiger partial charge in [-0.1, -0.05) is 6.07 Å². The SMILES string of the molecule is CN=C(NCCc1ccco1)NCC(c1c(F)cccc1F)N(C)C.I. The van der Waals surface area contributed by atoms with E-state index in [9.17, 15) is 8.78 Å². The molecule has 0 radical (unpaired) electrons. The summed E-state index contributed by atoms with van der Waals surface area (Å²) in [5.74, 6) is 0.334. The number of rotatable bonds is 7. The highest BCUT2D eigenvalue weighted by atomic mass is 127. The molecule has 0 amide bonds. The third-order valence-electron chi connectivity index (χ3n) is 3.89. The van der Waals surface area contributed by atoms with Crippen LogP contribution in [0.25, 0.3) is 0 Å². The van der Waals surface area contributed by atoms with Gasteiger partial charge in [-0.25, -0.2) is 8.78 Å². The van der Waals surface area contributed by atoms with Crippen LogP contribution in [0.15, 0.2) is 46.0 Å².